The fraction of sp³-hybridized carbons (Fsp3) is 0.400. The summed E-state index contributed by atoms with van der Waals surface area (Å²) in [5.74, 6) is 0.342. The van der Waals surface area contributed by atoms with Gasteiger partial charge in [-0.05, 0) is 12.8 Å². The Labute approximate surface area is 132 Å². The zero-order chi connectivity index (χ0) is 16.0. The third-order valence-electron chi connectivity index (χ3n) is 4.18. The van der Waals surface area contributed by atoms with Crippen LogP contribution in [0.1, 0.15) is 12.8 Å². The quantitative estimate of drug-likeness (QED) is 0.720. The number of ether oxygens (including phenoxy) is 1. The number of carbonyl (C=O) groups excluding carboxylic acids is 1. The van der Waals surface area contributed by atoms with Crippen molar-refractivity contribution in [3.05, 3.63) is 12.1 Å². The Morgan fingerprint density at radius 2 is 2.04 bits per heavy atom. The summed E-state index contributed by atoms with van der Waals surface area (Å²) in [6, 6.07) is 3.13. The molecule has 0 bridgehead atoms. The molecule has 1 amide bonds. The number of aliphatic imine (C=N–C) groups is 1. The summed E-state index contributed by atoms with van der Waals surface area (Å²) in [6.07, 6.45) is 1.87. The standard InChI is InChI=1S/C15H17N5O3/c16-14-13(15(22)20-5-2-1-4-19(14)20)18-9-8-12-10(7-11(9)21)17-3-6-23-12/h7-8,16-17,21H,1-6H2. The number of hydrogen-bond donors (Lipinski definition) is 3. The zero-order valence-corrected chi connectivity index (χ0v) is 12.5. The topological polar surface area (TPSA) is 101 Å². The van der Waals surface area contributed by atoms with Gasteiger partial charge in [-0.25, -0.2) is 10.0 Å². The Bertz CT molecular complexity index is 704. The number of aromatic hydroxyl groups is 1. The van der Waals surface area contributed by atoms with Crippen LogP contribution in [0.4, 0.5) is 11.4 Å². The number of hydrazine groups is 1. The van der Waals surface area contributed by atoms with Crippen molar-refractivity contribution in [2.75, 3.05) is 31.6 Å². The number of nitrogens with one attached hydrogen (secondary N) is 2. The molecule has 23 heavy (non-hydrogen) atoms. The van der Waals surface area contributed by atoms with Crippen LogP contribution >= 0.6 is 0 Å². The predicted octanol–water partition coefficient (Wildman–Crippen LogP) is 1.10. The van der Waals surface area contributed by atoms with Crippen molar-refractivity contribution in [2.45, 2.75) is 12.8 Å². The highest BCUT2D eigenvalue weighted by molar-refractivity contribution is 6.68. The van der Waals surface area contributed by atoms with Crippen LogP contribution < -0.4 is 10.1 Å². The molecule has 0 atom stereocenters. The van der Waals surface area contributed by atoms with Gasteiger partial charge in [-0.2, -0.15) is 0 Å². The molecule has 0 spiro atoms. The van der Waals surface area contributed by atoms with Crippen molar-refractivity contribution in [3.63, 3.8) is 0 Å². The highest BCUT2D eigenvalue weighted by atomic mass is 16.5. The molecule has 8 nitrogen and oxygen atoms in total. The van der Waals surface area contributed by atoms with Gasteiger partial charge in [-0.15, -0.1) is 0 Å². The molecule has 1 aromatic rings. The molecule has 0 aromatic heterocycles. The van der Waals surface area contributed by atoms with Crippen LogP contribution in [0.25, 0.3) is 0 Å². The first-order valence-corrected chi connectivity index (χ1v) is 7.66. The second-order valence-corrected chi connectivity index (χ2v) is 5.68. The Kier molecular flexibility index (Phi) is 3.10. The molecule has 0 unspecified atom stereocenters. The number of hydrogen-bond acceptors (Lipinski definition) is 6. The Morgan fingerprint density at radius 3 is 2.83 bits per heavy atom. The maximum Gasteiger partial charge on any atom is 0.294 e. The first-order valence-electron chi connectivity index (χ1n) is 7.66. The number of rotatable bonds is 1. The minimum Gasteiger partial charge on any atom is -0.506 e. The van der Waals surface area contributed by atoms with E-state index < -0.39 is 0 Å². The number of amidine groups is 1. The minimum atomic E-state index is -0.286. The van der Waals surface area contributed by atoms with E-state index in [1.807, 2.05) is 0 Å². The maximum absolute atomic E-state index is 12.4. The summed E-state index contributed by atoms with van der Waals surface area (Å²) >= 11 is 0. The van der Waals surface area contributed by atoms with Crippen molar-refractivity contribution in [2.24, 2.45) is 4.99 Å². The molecule has 3 heterocycles. The summed E-state index contributed by atoms with van der Waals surface area (Å²) in [4.78, 5) is 16.7. The molecular weight excluding hydrogens is 298 g/mol. The van der Waals surface area contributed by atoms with Crippen molar-refractivity contribution in [3.8, 4) is 11.5 Å². The second-order valence-electron chi connectivity index (χ2n) is 5.68. The smallest absolute Gasteiger partial charge is 0.294 e. The Hall–Kier alpha value is -2.77. The fourth-order valence-electron chi connectivity index (χ4n) is 3.03. The van der Waals surface area contributed by atoms with Gasteiger partial charge in [0, 0.05) is 31.8 Å². The minimum absolute atomic E-state index is 0.0466. The molecule has 1 aromatic carbocycles. The lowest BCUT2D eigenvalue weighted by atomic mass is 10.2. The molecule has 2 fully saturated rings. The first kappa shape index (κ1) is 13.9. The Balaban J connectivity index is 1.72. The summed E-state index contributed by atoms with van der Waals surface area (Å²) < 4.78 is 5.53. The lowest BCUT2D eigenvalue weighted by Gasteiger charge is -2.32. The fourth-order valence-corrected chi connectivity index (χ4v) is 3.03. The molecule has 4 rings (SSSR count). The summed E-state index contributed by atoms with van der Waals surface area (Å²) in [5, 5.41) is 24.7. The van der Waals surface area contributed by atoms with Crippen LogP contribution in [0.15, 0.2) is 17.1 Å². The number of nitrogens with zero attached hydrogens (tertiary/aromatic N) is 3. The number of carbonyl (C=O) groups is 1. The van der Waals surface area contributed by atoms with Crippen LogP contribution in [-0.4, -0.2) is 58.8 Å². The number of anilines is 1. The van der Waals surface area contributed by atoms with E-state index in [1.165, 1.54) is 6.07 Å². The average Bonchev–Trinajstić information content (AvgIpc) is 2.81. The summed E-state index contributed by atoms with van der Waals surface area (Å²) in [5.41, 5.74) is 0.999. The van der Waals surface area contributed by atoms with Crippen molar-refractivity contribution in [1.82, 2.24) is 10.0 Å². The zero-order valence-electron chi connectivity index (χ0n) is 12.5. The van der Waals surface area contributed by atoms with Gasteiger partial charge < -0.3 is 15.2 Å². The molecule has 120 valence electrons. The van der Waals surface area contributed by atoms with Crippen molar-refractivity contribution >= 4 is 28.8 Å². The number of amides is 1. The molecule has 3 aliphatic heterocycles. The second kappa shape index (κ2) is 5.15. The molecule has 3 N–H and O–H groups in total. The molecule has 3 aliphatic rings. The van der Waals surface area contributed by atoms with Gasteiger partial charge in [-0.1, -0.05) is 0 Å². The van der Waals surface area contributed by atoms with Crippen LogP contribution in [0.3, 0.4) is 0 Å². The van der Waals surface area contributed by atoms with Crippen LogP contribution in [-0.2, 0) is 4.79 Å². The molecule has 0 radical (unpaired) electrons. The molecular formula is C15H17N5O3. The normalized spacial score (nSPS) is 21.8. The first-order chi connectivity index (χ1) is 11.1. The van der Waals surface area contributed by atoms with E-state index in [0.717, 1.165) is 12.8 Å². The van der Waals surface area contributed by atoms with Crippen LogP contribution in [0, 0.1) is 5.41 Å². The lowest BCUT2D eigenvalue weighted by molar-refractivity contribution is -0.134. The predicted molar refractivity (Wildman–Crippen MR) is 84.6 cm³/mol. The van der Waals surface area contributed by atoms with Crippen LogP contribution in [0.2, 0.25) is 0 Å². The van der Waals surface area contributed by atoms with Gasteiger partial charge in [0.15, 0.2) is 11.5 Å². The van der Waals surface area contributed by atoms with E-state index in [9.17, 15) is 9.90 Å². The highest BCUT2D eigenvalue weighted by Gasteiger charge is 2.41. The monoisotopic (exact) mass is 315 g/mol. The van der Waals surface area contributed by atoms with Gasteiger partial charge >= 0.3 is 0 Å². The van der Waals surface area contributed by atoms with E-state index in [2.05, 4.69) is 10.3 Å². The van der Waals surface area contributed by atoms with E-state index in [0.29, 0.717) is 37.7 Å². The maximum atomic E-state index is 12.4. The van der Waals surface area contributed by atoms with Gasteiger partial charge in [0.1, 0.15) is 23.8 Å². The van der Waals surface area contributed by atoms with E-state index in [-0.39, 0.29) is 28.9 Å². The number of phenolic OH excluding ortho intramolecular Hbond substituents is 1. The van der Waals surface area contributed by atoms with Crippen LogP contribution in [0.5, 0.6) is 11.5 Å². The third kappa shape index (κ3) is 2.18. The van der Waals surface area contributed by atoms with Crippen molar-refractivity contribution in [1.29, 1.82) is 5.41 Å². The van der Waals surface area contributed by atoms with Crippen molar-refractivity contribution < 1.29 is 14.6 Å². The average molecular weight is 315 g/mol. The Morgan fingerprint density at radius 1 is 1.26 bits per heavy atom. The van der Waals surface area contributed by atoms with Gasteiger partial charge in [-0.3, -0.25) is 15.2 Å². The summed E-state index contributed by atoms with van der Waals surface area (Å²) in [7, 11) is 0. The van der Waals surface area contributed by atoms with Gasteiger partial charge in [0.05, 0.1) is 5.69 Å². The summed E-state index contributed by atoms with van der Waals surface area (Å²) in [6.45, 7) is 2.45. The largest absolute Gasteiger partial charge is 0.506 e. The molecule has 8 heteroatoms. The molecule has 0 aliphatic carbocycles. The molecule has 2 saturated heterocycles. The van der Waals surface area contributed by atoms with Gasteiger partial charge in [0.25, 0.3) is 5.91 Å². The van der Waals surface area contributed by atoms with Gasteiger partial charge in [0.2, 0.25) is 0 Å². The SMILES string of the molecule is N=C1C(=Nc2cc3c(cc2O)NCCO3)C(=O)N2CCCCN12. The number of fused-ring (bicyclic) bond motifs is 2. The third-order valence-corrected chi connectivity index (χ3v) is 4.18. The molecule has 0 saturated carbocycles. The van der Waals surface area contributed by atoms with E-state index >= 15 is 0 Å². The lowest BCUT2D eigenvalue weighted by Crippen LogP contribution is -2.45. The van der Waals surface area contributed by atoms with E-state index in [4.69, 9.17) is 10.1 Å². The highest BCUT2D eigenvalue weighted by Crippen LogP contribution is 2.39. The number of phenols is 1. The number of benzene rings is 1. The van der Waals surface area contributed by atoms with E-state index in [1.54, 1.807) is 16.1 Å².